The first kappa shape index (κ1) is 22.6. The smallest absolute Gasteiger partial charge is 0.302 e. The van der Waals surface area contributed by atoms with Crippen molar-refractivity contribution in [3.8, 4) is 0 Å². The van der Waals surface area contributed by atoms with Crippen molar-refractivity contribution in [1.29, 1.82) is 0 Å². The lowest BCUT2D eigenvalue weighted by Gasteiger charge is -2.11. The largest absolute Gasteiger partial charge is 0.460 e. The predicted octanol–water partition coefficient (Wildman–Crippen LogP) is 2.94. The minimum Gasteiger partial charge on any atom is -0.460 e. The first-order valence-corrected chi connectivity index (χ1v) is 7.94. The molecule has 5 heteroatoms. The summed E-state index contributed by atoms with van der Waals surface area (Å²) >= 11 is 0. The van der Waals surface area contributed by atoms with Crippen LogP contribution in [0.3, 0.4) is 0 Å². The quantitative estimate of drug-likeness (QED) is 0.469. The van der Waals surface area contributed by atoms with Gasteiger partial charge in [-0.25, -0.2) is 0 Å². The SMILES string of the molecule is CCCCOCC(C)O.CCCCOCC(C)OC(C)=O. The van der Waals surface area contributed by atoms with Crippen LogP contribution in [-0.2, 0) is 19.0 Å². The molecule has 0 saturated heterocycles. The Balaban J connectivity index is 0. The minimum atomic E-state index is -0.318. The lowest BCUT2D eigenvalue weighted by molar-refractivity contribution is -0.148. The van der Waals surface area contributed by atoms with Crippen LogP contribution in [0.15, 0.2) is 0 Å². The Hall–Kier alpha value is -0.650. The topological polar surface area (TPSA) is 65.0 Å². The molecule has 0 aliphatic carbocycles. The van der Waals surface area contributed by atoms with Crippen LogP contribution in [0.1, 0.15) is 60.3 Å². The molecular formula is C16H34O5. The van der Waals surface area contributed by atoms with Gasteiger partial charge in [0.2, 0.25) is 0 Å². The van der Waals surface area contributed by atoms with Crippen LogP contribution in [-0.4, -0.2) is 49.7 Å². The number of rotatable bonds is 11. The standard InChI is InChI=1S/C9H18O3.C7H16O2/c1-4-5-6-11-7-8(2)12-9(3)10;1-3-4-5-9-6-7(2)8/h8H,4-7H2,1-3H3;7-8H,3-6H2,1-2H3. The number of aliphatic hydroxyl groups is 1. The number of hydrogen-bond acceptors (Lipinski definition) is 5. The molecule has 0 aromatic rings. The maximum atomic E-state index is 10.5. The van der Waals surface area contributed by atoms with Crippen LogP contribution in [0, 0.1) is 0 Å². The number of esters is 1. The fourth-order valence-corrected chi connectivity index (χ4v) is 1.31. The molecule has 5 nitrogen and oxygen atoms in total. The summed E-state index contributed by atoms with van der Waals surface area (Å²) in [4.78, 5) is 10.5. The molecular weight excluding hydrogens is 272 g/mol. The summed E-state index contributed by atoms with van der Waals surface area (Å²) in [5.74, 6) is -0.249. The average Bonchev–Trinajstić information content (AvgIpc) is 2.39. The third-order valence-electron chi connectivity index (χ3n) is 2.36. The molecule has 0 rings (SSSR count). The Kier molecular flexibility index (Phi) is 18.8. The van der Waals surface area contributed by atoms with E-state index in [0.717, 1.165) is 38.9 Å². The zero-order valence-corrected chi connectivity index (χ0v) is 14.4. The van der Waals surface area contributed by atoms with Gasteiger partial charge in [0.05, 0.1) is 19.3 Å². The number of ether oxygens (including phenoxy) is 3. The van der Waals surface area contributed by atoms with Gasteiger partial charge in [-0.05, 0) is 26.7 Å². The van der Waals surface area contributed by atoms with E-state index in [1.807, 2.05) is 6.92 Å². The molecule has 2 unspecified atom stereocenters. The predicted molar refractivity (Wildman–Crippen MR) is 84.4 cm³/mol. The van der Waals surface area contributed by atoms with Crippen molar-refractivity contribution in [3.63, 3.8) is 0 Å². The van der Waals surface area contributed by atoms with Crippen LogP contribution in [0.2, 0.25) is 0 Å². The first-order chi connectivity index (χ1) is 9.93. The second-order valence-corrected chi connectivity index (χ2v) is 5.13. The molecule has 128 valence electrons. The van der Waals surface area contributed by atoms with Crippen LogP contribution in [0.4, 0.5) is 0 Å². The molecule has 0 aromatic carbocycles. The second-order valence-electron chi connectivity index (χ2n) is 5.13. The lowest BCUT2D eigenvalue weighted by atomic mass is 10.3. The highest BCUT2D eigenvalue weighted by atomic mass is 16.6. The minimum absolute atomic E-state index is 0.126. The lowest BCUT2D eigenvalue weighted by Crippen LogP contribution is -2.18. The summed E-state index contributed by atoms with van der Waals surface area (Å²) in [6, 6.07) is 0. The third kappa shape index (κ3) is 24.7. The zero-order chi connectivity index (χ0) is 16.5. The maximum absolute atomic E-state index is 10.5. The second kappa shape index (κ2) is 17.4. The number of unbranched alkanes of at least 4 members (excludes halogenated alkanes) is 2. The van der Waals surface area contributed by atoms with Crippen molar-refractivity contribution < 1.29 is 24.1 Å². The molecule has 0 aliphatic rings. The van der Waals surface area contributed by atoms with Gasteiger partial charge in [0.15, 0.2) is 0 Å². The zero-order valence-electron chi connectivity index (χ0n) is 14.4. The van der Waals surface area contributed by atoms with Crippen molar-refractivity contribution in [2.75, 3.05) is 26.4 Å². The summed E-state index contributed by atoms with van der Waals surface area (Å²) in [5, 5.41) is 8.73. The monoisotopic (exact) mass is 306 g/mol. The molecule has 0 fully saturated rings. The highest BCUT2D eigenvalue weighted by Gasteiger charge is 2.04. The van der Waals surface area contributed by atoms with Gasteiger partial charge < -0.3 is 19.3 Å². The summed E-state index contributed by atoms with van der Waals surface area (Å²) in [5.41, 5.74) is 0. The molecule has 0 heterocycles. The van der Waals surface area contributed by atoms with Crippen molar-refractivity contribution >= 4 is 5.97 Å². The van der Waals surface area contributed by atoms with Crippen LogP contribution >= 0.6 is 0 Å². The fourth-order valence-electron chi connectivity index (χ4n) is 1.31. The van der Waals surface area contributed by atoms with E-state index >= 15 is 0 Å². The van der Waals surface area contributed by atoms with E-state index in [9.17, 15) is 4.79 Å². The van der Waals surface area contributed by atoms with Gasteiger partial charge in [-0.15, -0.1) is 0 Å². The van der Waals surface area contributed by atoms with Crippen molar-refractivity contribution in [2.24, 2.45) is 0 Å². The molecule has 2 atom stereocenters. The Morgan fingerprint density at radius 1 is 1.00 bits per heavy atom. The van der Waals surface area contributed by atoms with E-state index < -0.39 is 0 Å². The van der Waals surface area contributed by atoms with Crippen LogP contribution in [0.25, 0.3) is 0 Å². The van der Waals surface area contributed by atoms with Crippen molar-refractivity contribution in [2.45, 2.75) is 72.5 Å². The summed E-state index contributed by atoms with van der Waals surface area (Å²) < 4.78 is 15.2. The van der Waals surface area contributed by atoms with Crippen LogP contribution < -0.4 is 0 Å². The van der Waals surface area contributed by atoms with Gasteiger partial charge in [-0.3, -0.25) is 4.79 Å². The van der Waals surface area contributed by atoms with Crippen molar-refractivity contribution in [3.05, 3.63) is 0 Å². The molecule has 0 aromatic heterocycles. The molecule has 0 aliphatic heterocycles. The third-order valence-corrected chi connectivity index (χ3v) is 2.36. The number of carbonyl (C=O) groups is 1. The van der Waals surface area contributed by atoms with Crippen LogP contribution in [0.5, 0.6) is 0 Å². The van der Waals surface area contributed by atoms with E-state index in [-0.39, 0.29) is 18.2 Å². The van der Waals surface area contributed by atoms with E-state index in [4.69, 9.17) is 19.3 Å². The van der Waals surface area contributed by atoms with E-state index in [2.05, 4.69) is 13.8 Å². The summed E-state index contributed by atoms with van der Waals surface area (Å²) in [6.07, 6.45) is 3.99. The van der Waals surface area contributed by atoms with Crippen molar-refractivity contribution in [1.82, 2.24) is 0 Å². The normalized spacial score (nSPS) is 13.0. The van der Waals surface area contributed by atoms with Gasteiger partial charge in [0, 0.05) is 20.1 Å². The fraction of sp³-hybridized carbons (Fsp3) is 0.938. The average molecular weight is 306 g/mol. The highest BCUT2D eigenvalue weighted by molar-refractivity contribution is 5.66. The highest BCUT2D eigenvalue weighted by Crippen LogP contribution is 1.94. The summed E-state index contributed by atoms with van der Waals surface area (Å²) in [6.45, 7) is 11.7. The van der Waals surface area contributed by atoms with E-state index in [0.29, 0.717) is 13.2 Å². The Morgan fingerprint density at radius 2 is 1.48 bits per heavy atom. The number of hydrogen-bond donors (Lipinski definition) is 1. The van der Waals surface area contributed by atoms with Gasteiger partial charge in [-0.1, -0.05) is 26.7 Å². The van der Waals surface area contributed by atoms with Gasteiger partial charge >= 0.3 is 5.97 Å². The van der Waals surface area contributed by atoms with Gasteiger partial charge in [0.25, 0.3) is 0 Å². The Bertz CT molecular complexity index is 219. The Labute approximate surface area is 130 Å². The first-order valence-electron chi connectivity index (χ1n) is 7.94. The molecule has 0 saturated carbocycles. The number of aliphatic hydroxyl groups excluding tert-OH is 1. The van der Waals surface area contributed by atoms with Gasteiger partial charge in [-0.2, -0.15) is 0 Å². The van der Waals surface area contributed by atoms with E-state index in [1.54, 1.807) is 6.92 Å². The Morgan fingerprint density at radius 3 is 1.86 bits per heavy atom. The molecule has 0 spiro atoms. The molecule has 0 bridgehead atoms. The van der Waals surface area contributed by atoms with E-state index in [1.165, 1.54) is 6.92 Å². The molecule has 1 N–H and O–H groups in total. The number of carbonyl (C=O) groups excluding carboxylic acids is 1. The van der Waals surface area contributed by atoms with Gasteiger partial charge in [0.1, 0.15) is 6.10 Å². The molecule has 21 heavy (non-hydrogen) atoms. The maximum Gasteiger partial charge on any atom is 0.302 e. The summed E-state index contributed by atoms with van der Waals surface area (Å²) in [7, 11) is 0. The molecule has 0 radical (unpaired) electrons. The molecule has 0 amide bonds.